The van der Waals surface area contributed by atoms with Crippen molar-refractivity contribution in [3.63, 3.8) is 0 Å². The number of rotatable bonds is 8. The van der Waals surface area contributed by atoms with Crippen LogP contribution in [0.15, 0.2) is 66.7 Å². The maximum absolute atomic E-state index is 13.5. The zero-order chi connectivity index (χ0) is 29.9. The Morgan fingerprint density at radius 1 is 0.857 bits per heavy atom. The number of anilines is 3. The Bertz CT molecular complexity index is 1640. The van der Waals surface area contributed by atoms with E-state index in [2.05, 4.69) is 20.6 Å². The molecule has 5 rings (SSSR count). The Hall–Kier alpha value is -4.87. The van der Waals surface area contributed by atoms with E-state index in [9.17, 15) is 27.6 Å². The highest BCUT2D eigenvalue weighted by atomic mass is 19.4. The summed E-state index contributed by atoms with van der Waals surface area (Å²) in [7, 11) is 0. The first-order chi connectivity index (χ1) is 20.1. The van der Waals surface area contributed by atoms with Crippen molar-refractivity contribution in [3.8, 4) is 0 Å². The van der Waals surface area contributed by atoms with Gasteiger partial charge in [-0.3, -0.25) is 19.1 Å². The smallest absolute Gasteiger partial charge is 0.370 e. The molecule has 2 heterocycles. The number of alkyl halides is 3. The first-order valence-corrected chi connectivity index (χ1v) is 13.5. The number of halogens is 3. The number of hydrogen-bond acceptors (Lipinski definition) is 5. The summed E-state index contributed by atoms with van der Waals surface area (Å²) < 4.78 is 40.4. The van der Waals surface area contributed by atoms with Crippen LogP contribution in [-0.4, -0.2) is 46.8 Å². The molecule has 1 aliphatic rings. The third-order valence-electron chi connectivity index (χ3n) is 7.04. The predicted octanol–water partition coefficient (Wildman–Crippen LogP) is 5.12. The lowest BCUT2D eigenvalue weighted by Crippen LogP contribution is -2.30. The second kappa shape index (κ2) is 11.9. The number of carbonyl (C=O) groups is 3. The number of carbonyl (C=O) groups excluding carboxylic acids is 3. The molecule has 0 spiro atoms. The van der Waals surface area contributed by atoms with Crippen LogP contribution in [0.25, 0.3) is 10.9 Å². The van der Waals surface area contributed by atoms with Crippen molar-refractivity contribution in [1.82, 2.24) is 9.78 Å². The monoisotopic (exact) mass is 578 g/mol. The summed E-state index contributed by atoms with van der Waals surface area (Å²) in [4.78, 5) is 40.4. The van der Waals surface area contributed by atoms with Gasteiger partial charge in [0.25, 0.3) is 11.8 Å². The quantitative estimate of drug-likeness (QED) is 0.268. The number of piperidine rings is 1. The number of nitrogens with zero attached hydrogens (tertiary/aromatic N) is 3. The molecule has 4 aromatic rings. The molecule has 3 amide bonds. The normalized spacial score (nSPS) is 13.6. The molecular weight excluding hydrogens is 549 g/mol. The van der Waals surface area contributed by atoms with Crippen molar-refractivity contribution < 1.29 is 27.6 Å². The largest absolute Gasteiger partial charge is 0.408 e. The summed E-state index contributed by atoms with van der Waals surface area (Å²) in [5.41, 5.74) is 7.59. The van der Waals surface area contributed by atoms with Gasteiger partial charge in [0, 0.05) is 29.7 Å². The van der Waals surface area contributed by atoms with E-state index in [0.717, 1.165) is 37.0 Å². The van der Waals surface area contributed by atoms with Crippen LogP contribution in [0.2, 0.25) is 0 Å². The van der Waals surface area contributed by atoms with Crippen LogP contribution < -0.4 is 21.3 Å². The van der Waals surface area contributed by atoms with E-state index in [1.807, 2.05) is 0 Å². The van der Waals surface area contributed by atoms with Gasteiger partial charge in [0.05, 0.1) is 23.3 Å². The minimum atomic E-state index is -4.53. The molecule has 218 valence electrons. The number of amides is 3. The molecule has 42 heavy (non-hydrogen) atoms. The minimum Gasteiger partial charge on any atom is -0.370 e. The Morgan fingerprint density at radius 3 is 2.29 bits per heavy atom. The topological polar surface area (TPSA) is 122 Å². The zero-order valence-electron chi connectivity index (χ0n) is 22.6. The van der Waals surface area contributed by atoms with Gasteiger partial charge in [0.2, 0.25) is 5.91 Å². The minimum absolute atomic E-state index is 0.0550. The summed E-state index contributed by atoms with van der Waals surface area (Å²) in [5.74, 6) is -1.72. The molecular formula is C30H29F3N6O3. The number of aromatic nitrogens is 2. The SMILES string of the molecule is NC(=O)Cc1ccccc1NC(=O)c1ccc(N2CCCCC2)c(NC(=O)c2nn(CC(F)(F)F)c3ccccc23)c1. The van der Waals surface area contributed by atoms with Crippen LogP contribution in [0.5, 0.6) is 0 Å². The summed E-state index contributed by atoms with van der Waals surface area (Å²) in [6.45, 7) is 0.156. The van der Waals surface area contributed by atoms with Gasteiger partial charge in [-0.2, -0.15) is 18.3 Å². The zero-order valence-corrected chi connectivity index (χ0v) is 22.6. The van der Waals surface area contributed by atoms with Crippen molar-refractivity contribution in [1.29, 1.82) is 0 Å². The van der Waals surface area contributed by atoms with Gasteiger partial charge >= 0.3 is 6.18 Å². The third-order valence-corrected chi connectivity index (χ3v) is 7.04. The van der Waals surface area contributed by atoms with E-state index in [1.54, 1.807) is 54.6 Å². The molecule has 1 aromatic heterocycles. The van der Waals surface area contributed by atoms with Crippen molar-refractivity contribution in [2.45, 2.75) is 38.4 Å². The maximum Gasteiger partial charge on any atom is 0.408 e. The van der Waals surface area contributed by atoms with E-state index in [0.29, 0.717) is 22.6 Å². The van der Waals surface area contributed by atoms with Gasteiger partial charge in [-0.15, -0.1) is 0 Å². The van der Waals surface area contributed by atoms with Crippen molar-refractivity contribution in [3.05, 3.63) is 83.6 Å². The lowest BCUT2D eigenvalue weighted by molar-refractivity contribution is -0.141. The Balaban J connectivity index is 1.48. The molecule has 3 aromatic carbocycles. The molecule has 4 N–H and O–H groups in total. The van der Waals surface area contributed by atoms with Gasteiger partial charge in [0.1, 0.15) is 6.54 Å². The maximum atomic E-state index is 13.5. The highest BCUT2D eigenvalue weighted by Gasteiger charge is 2.31. The van der Waals surface area contributed by atoms with Crippen LogP contribution in [0.3, 0.4) is 0 Å². The van der Waals surface area contributed by atoms with Crippen LogP contribution in [0.4, 0.5) is 30.2 Å². The second-order valence-electron chi connectivity index (χ2n) is 10.1. The molecule has 1 saturated heterocycles. The lowest BCUT2D eigenvalue weighted by atomic mass is 10.1. The van der Waals surface area contributed by atoms with Crippen LogP contribution >= 0.6 is 0 Å². The lowest BCUT2D eigenvalue weighted by Gasteiger charge is -2.30. The van der Waals surface area contributed by atoms with E-state index in [1.165, 1.54) is 12.1 Å². The molecule has 1 fully saturated rings. The molecule has 0 radical (unpaired) electrons. The van der Waals surface area contributed by atoms with Crippen LogP contribution in [0.1, 0.15) is 45.7 Å². The first kappa shape index (κ1) is 28.7. The van der Waals surface area contributed by atoms with Crippen molar-refractivity contribution in [2.24, 2.45) is 5.73 Å². The predicted molar refractivity (Wildman–Crippen MR) is 154 cm³/mol. The fourth-order valence-corrected chi connectivity index (χ4v) is 5.13. The molecule has 0 unspecified atom stereocenters. The first-order valence-electron chi connectivity index (χ1n) is 13.5. The van der Waals surface area contributed by atoms with E-state index >= 15 is 0 Å². The summed E-state index contributed by atoms with van der Waals surface area (Å²) in [5, 5.41) is 9.90. The fraction of sp³-hybridized carbons (Fsp3) is 0.267. The molecule has 9 nitrogen and oxygen atoms in total. The number of benzene rings is 3. The Morgan fingerprint density at radius 2 is 1.55 bits per heavy atom. The fourth-order valence-electron chi connectivity index (χ4n) is 5.13. The van der Waals surface area contributed by atoms with E-state index < -0.39 is 30.4 Å². The molecule has 0 bridgehead atoms. The average Bonchev–Trinajstić information content (AvgIpc) is 3.31. The van der Waals surface area contributed by atoms with Crippen molar-refractivity contribution in [2.75, 3.05) is 28.6 Å². The van der Waals surface area contributed by atoms with E-state index in [-0.39, 0.29) is 28.6 Å². The number of para-hydroxylation sites is 2. The molecule has 1 aliphatic heterocycles. The van der Waals surface area contributed by atoms with Gasteiger partial charge in [-0.1, -0.05) is 36.4 Å². The van der Waals surface area contributed by atoms with Crippen LogP contribution in [0, 0.1) is 0 Å². The number of primary amides is 1. The van der Waals surface area contributed by atoms with Gasteiger partial charge in [-0.05, 0) is 55.2 Å². The summed E-state index contributed by atoms with van der Waals surface area (Å²) >= 11 is 0. The van der Waals surface area contributed by atoms with E-state index in [4.69, 9.17) is 5.73 Å². The standard InChI is InChI=1S/C30H29F3N6O3/c31-30(32,33)18-39-24-11-5-3-9-21(24)27(37-39)29(42)36-23-16-20(12-13-25(23)38-14-6-1-7-15-38)28(41)35-22-10-4-2-8-19(22)17-26(34)40/h2-5,8-13,16H,1,6-7,14-15,17-18H2,(H2,34,40)(H,35,41)(H,36,42). The number of nitrogens with two attached hydrogens (primary N) is 1. The summed E-state index contributed by atoms with van der Waals surface area (Å²) in [6, 6.07) is 17.9. The number of nitrogens with one attached hydrogen (secondary N) is 2. The van der Waals surface area contributed by atoms with Gasteiger partial charge in [0.15, 0.2) is 5.69 Å². The number of hydrogen-bond donors (Lipinski definition) is 3. The summed E-state index contributed by atoms with van der Waals surface area (Å²) in [6.07, 6.45) is -1.59. The Kier molecular flexibility index (Phi) is 8.14. The Labute approximate surface area is 239 Å². The highest BCUT2D eigenvalue weighted by Crippen LogP contribution is 2.32. The van der Waals surface area contributed by atoms with Crippen molar-refractivity contribution >= 4 is 45.7 Å². The van der Waals surface area contributed by atoms with Crippen LogP contribution in [-0.2, 0) is 17.8 Å². The second-order valence-corrected chi connectivity index (χ2v) is 10.1. The third kappa shape index (κ3) is 6.54. The average molecular weight is 579 g/mol. The van der Waals surface area contributed by atoms with Gasteiger partial charge < -0.3 is 21.3 Å². The molecule has 0 aliphatic carbocycles. The highest BCUT2D eigenvalue weighted by molar-refractivity contribution is 6.13. The number of fused-ring (bicyclic) bond motifs is 1. The molecule has 0 atom stereocenters. The molecule has 0 saturated carbocycles. The molecule has 12 heteroatoms. The van der Waals surface area contributed by atoms with Gasteiger partial charge in [-0.25, -0.2) is 0 Å².